The Hall–Kier alpha value is -2.16. The van der Waals surface area contributed by atoms with Crippen molar-refractivity contribution in [2.24, 2.45) is 0 Å². The molecule has 0 aromatic heterocycles. The van der Waals surface area contributed by atoms with Crippen molar-refractivity contribution in [1.82, 2.24) is 0 Å². The molecule has 0 aliphatic rings. The lowest BCUT2D eigenvalue weighted by molar-refractivity contribution is 0.318. The molecule has 0 bridgehead atoms. The predicted octanol–water partition coefficient (Wildman–Crippen LogP) is 3.74. The van der Waals surface area contributed by atoms with Gasteiger partial charge in [0.25, 0.3) is 0 Å². The van der Waals surface area contributed by atoms with Gasteiger partial charge in [0, 0.05) is 19.3 Å². The fraction of sp³-hybridized carbons (Fsp3) is 0.294. The summed E-state index contributed by atoms with van der Waals surface area (Å²) < 4.78 is 5.41. The van der Waals surface area contributed by atoms with E-state index in [1.54, 1.807) is 6.07 Å². The van der Waals surface area contributed by atoms with Crippen LogP contribution < -0.4 is 9.64 Å². The summed E-state index contributed by atoms with van der Waals surface area (Å²) in [4.78, 5) is 2.17. The average molecular weight is 271 g/mol. The van der Waals surface area contributed by atoms with E-state index in [9.17, 15) is 5.11 Å². The van der Waals surface area contributed by atoms with Gasteiger partial charge in [0.2, 0.25) is 0 Å². The fourth-order valence-electron chi connectivity index (χ4n) is 2.09. The van der Waals surface area contributed by atoms with Gasteiger partial charge in [0.1, 0.15) is 0 Å². The van der Waals surface area contributed by atoms with E-state index in [-0.39, 0.29) is 5.75 Å². The van der Waals surface area contributed by atoms with E-state index in [0.717, 1.165) is 12.1 Å². The highest BCUT2D eigenvalue weighted by Gasteiger charge is 2.06. The molecular formula is C17H21NO2. The van der Waals surface area contributed by atoms with Crippen LogP contribution in [0.1, 0.15) is 18.1 Å². The molecule has 2 aromatic carbocycles. The molecule has 106 valence electrons. The second-order valence-electron chi connectivity index (χ2n) is 4.93. The van der Waals surface area contributed by atoms with Crippen LogP contribution in [-0.4, -0.2) is 18.8 Å². The number of nitrogens with zero attached hydrogens (tertiary/aromatic N) is 1. The van der Waals surface area contributed by atoms with Crippen molar-refractivity contribution in [3.05, 3.63) is 53.6 Å². The smallest absolute Gasteiger partial charge is 0.161 e. The van der Waals surface area contributed by atoms with Crippen LogP contribution >= 0.6 is 0 Å². The van der Waals surface area contributed by atoms with Gasteiger partial charge in [0.05, 0.1) is 6.61 Å². The Morgan fingerprint density at radius 3 is 2.45 bits per heavy atom. The highest BCUT2D eigenvalue weighted by Crippen LogP contribution is 2.28. The second kappa shape index (κ2) is 6.33. The Morgan fingerprint density at radius 1 is 1.10 bits per heavy atom. The first kappa shape index (κ1) is 14.3. The zero-order valence-electron chi connectivity index (χ0n) is 12.3. The third-order valence-corrected chi connectivity index (χ3v) is 3.22. The van der Waals surface area contributed by atoms with Gasteiger partial charge >= 0.3 is 0 Å². The van der Waals surface area contributed by atoms with E-state index in [4.69, 9.17) is 4.74 Å². The van der Waals surface area contributed by atoms with Crippen molar-refractivity contribution in [3.8, 4) is 11.5 Å². The molecule has 0 saturated heterocycles. The Balaban J connectivity index is 2.13. The number of ether oxygens (including phenoxy) is 1. The molecule has 2 rings (SSSR count). The zero-order valence-corrected chi connectivity index (χ0v) is 12.3. The molecule has 0 aliphatic heterocycles. The summed E-state index contributed by atoms with van der Waals surface area (Å²) in [7, 11) is 2.05. The van der Waals surface area contributed by atoms with Crippen LogP contribution in [0.3, 0.4) is 0 Å². The van der Waals surface area contributed by atoms with E-state index in [0.29, 0.717) is 12.4 Å². The molecule has 0 aliphatic carbocycles. The van der Waals surface area contributed by atoms with Gasteiger partial charge in [-0.15, -0.1) is 0 Å². The van der Waals surface area contributed by atoms with Crippen LogP contribution in [0.2, 0.25) is 0 Å². The van der Waals surface area contributed by atoms with Gasteiger partial charge in [-0.1, -0.05) is 23.8 Å². The molecule has 1 N–H and O–H groups in total. The van der Waals surface area contributed by atoms with Gasteiger partial charge in [-0.05, 0) is 43.7 Å². The van der Waals surface area contributed by atoms with Crippen molar-refractivity contribution < 1.29 is 9.84 Å². The van der Waals surface area contributed by atoms with Crippen molar-refractivity contribution in [1.29, 1.82) is 0 Å². The molecule has 0 atom stereocenters. The first-order chi connectivity index (χ1) is 9.60. The molecular weight excluding hydrogens is 250 g/mol. The maximum atomic E-state index is 9.71. The number of rotatable bonds is 5. The summed E-state index contributed by atoms with van der Waals surface area (Å²) in [6.07, 6.45) is 0. The van der Waals surface area contributed by atoms with Crippen LogP contribution in [0, 0.1) is 6.92 Å². The van der Waals surface area contributed by atoms with E-state index in [2.05, 4.69) is 43.1 Å². The SMILES string of the molecule is CCOc1cc(CN(C)c2ccc(C)cc2)ccc1O. The first-order valence-electron chi connectivity index (χ1n) is 6.82. The van der Waals surface area contributed by atoms with E-state index in [1.165, 1.54) is 11.3 Å². The number of benzene rings is 2. The number of phenols is 1. The lowest BCUT2D eigenvalue weighted by Gasteiger charge is -2.20. The zero-order chi connectivity index (χ0) is 14.5. The second-order valence-corrected chi connectivity index (χ2v) is 4.93. The van der Waals surface area contributed by atoms with Crippen LogP contribution in [0.4, 0.5) is 5.69 Å². The van der Waals surface area contributed by atoms with Gasteiger partial charge in [-0.3, -0.25) is 0 Å². The fourth-order valence-corrected chi connectivity index (χ4v) is 2.09. The van der Waals surface area contributed by atoms with Crippen molar-refractivity contribution in [2.75, 3.05) is 18.6 Å². The number of hydrogen-bond donors (Lipinski definition) is 1. The topological polar surface area (TPSA) is 32.7 Å². The Labute approximate surface area is 120 Å². The van der Waals surface area contributed by atoms with Crippen molar-refractivity contribution >= 4 is 5.69 Å². The van der Waals surface area contributed by atoms with Gasteiger partial charge in [-0.25, -0.2) is 0 Å². The molecule has 0 saturated carbocycles. The molecule has 0 spiro atoms. The summed E-state index contributed by atoms with van der Waals surface area (Å²) in [5, 5.41) is 9.71. The minimum Gasteiger partial charge on any atom is -0.504 e. The summed E-state index contributed by atoms with van der Waals surface area (Å²) in [6, 6.07) is 13.9. The first-order valence-corrected chi connectivity index (χ1v) is 6.82. The lowest BCUT2D eigenvalue weighted by atomic mass is 10.1. The molecule has 0 amide bonds. The molecule has 0 heterocycles. The average Bonchev–Trinajstić information content (AvgIpc) is 2.43. The summed E-state index contributed by atoms with van der Waals surface area (Å²) in [6.45, 7) is 5.30. The number of aromatic hydroxyl groups is 1. The molecule has 0 unspecified atom stereocenters. The Bertz CT molecular complexity index is 564. The minimum absolute atomic E-state index is 0.189. The third-order valence-electron chi connectivity index (χ3n) is 3.22. The highest BCUT2D eigenvalue weighted by atomic mass is 16.5. The van der Waals surface area contributed by atoms with Crippen LogP contribution in [0.5, 0.6) is 11.5 Å². The number of anilines is 1. The largest absolute Gasteiger partial charge is 0.504 e. The summed E-state index contributed by atoms with van der Waals surface area (Å²) in [5.41, 5.74) is 3.53. The molecule has 3 nitrogen and oxygen atoms in total. The molecule has 0 radical (unpaired) electrons. The molecule has 0 fully saturated rings. The number of aryl methyl sites for hydroxylation is 1. The molecule has 3 heteroatoms. The highest BCUT2D eigenvalue weighted by molar-refractivity contribution is 5.48. The summed E-state index contributed by atoms with van der Waals surface area (Å²) in [5.74, 6) is 0.732. The van der Waals surface area contributed by atoms with Crippen molar-refractivity contribution in [2.45, 2.75) is 20.4 Å². The summed E-state index contributed by atoms with van der Waals surface area (Å²) >= 11 is 0. The third kappa shape index (κ3) is 3.44. The normalized spacial score (nSPS) is 10.3. The maximum absolute atomic E-state index is 9.71. The van der Waals surface area contributed by atoms with Crippen LogP contribution in [0.25, 0.3) is 0 Å². The quantitative estimate of drug-likeness (QED) is 0.899. The maximum Gasteiger partial charge on any atom is 0.161 e. The Kier molecular flexibility index (Phi) is 4.51. The predicted molar refractivity (Wildman–Crippen MR) is 82.6 cm³/mol. The molecule has 20 heavy (non-hydrogen) atoms. The van der Waals surface area contributed by atoms with Gasteiger partial charge in [-0.2, -0.15) is 0 Å². The van der Waals surface area contributed by atoms with Gasteiger partial charge in [0.15, 0.2) is 11.5 Å². The lowest BCUT2D eigenvalue weighted by Crippen LogP contribution is -2.16. The monoisotopic (exact) mass is 271 g/mol. The standard InChI is InChI=1S/C17H21NO2/c1-4-20-17-11-14(7-10-16(17)19)12-18(3)15-8-5-13(2)6-9-15/h5-11,19H,4,12H2,1-3H3. The van der Waals surface area contributed by atoms with E-state index >= 15 is 0 Å². The van der Waals surface area contributed by atoms with Crippen LogP contribution in [-0.2, 0) is 6.54 Å². The Morgan fingerprint density at radius 2 is 1.80 bits per heavy atom. The van der Waals surface area contributed by atoms with Gasteiger partial charge < -0.3 is 14.7 Å². The van der Waals surface area contributed by atoms with Crippen molar-refractivity contribution in [3.63, 3.8) is 0 Å². The number of hydrogen-bond acceptors (Lipinski definition) is 3. The minimum atomic E-state index is 0.189. The number of phenolic OH excluding ortho intramolecular Hbond substituents is 1. The van der Waals surface area contributed by atoms with E-state index < -0.39 is 0 Å². The molecule has 2 aromatic rings. The van der Waals surface area contributed by atoms with Crippen LogP contribution in [0.15, 0.2) is 42.5 Å². The van der Waals surface area contributed by atoms with E-state index in [1.807, 2.05) is 19.1 Å².